The Bertz CT molecular complexity index is 1110. The zero-order valence-corrected chi connectivity index (χ0v) is 13.5. The van der Waals surface area contributed by atoms with Crippen molar-refractivity contribution < 1.29 is 0 Å². The third-order valence-electron chi connectivity index (χ3n) is 4.16. The third kappa shape index (κ3) is 2.83. The zero-order chi connectivity index (χ0) is 17.2. The molecule has 0 saturated carbocycles. The molecule has 25 heavy (non-hydrogen) atoms. The van der Waals surface area contributed by atoms with Crippen LogP contribution >= 0.6 is 0 Å². The molecule has 4 rings (SSSR count). The molecule has 1 aromatic heterocycles. The highest BCUT2D eigenvalue weighted by atomic mass is 15.3. The minimum atomic E-state index is -0.191. The molecule has 5 N–H and O–H groups in total. The molecule has 0 unspecified atom stereocenters. The first-order chi connectivity index (χ1) is 12.2. The number of benzene rings is 3. The van der Waals surface area contributed by atoms with Gasteiger partial charge in [0.25, 0.3) is 0 Å². The Morgan fingerprint density at radius 3 is 2.60 bits per heavy atom. The fourth-order valence-corrected chi connectivity index (χ4v) is 3.04. The highest BCUT2D eigenvalue weighted by Gasteiger charge is 2.12. The van der Waals surface area contributed by atoms with Crippen molar-refractivity contribution >= 4 is 33.8 Å². The van der Waals surface area contributed by atoms with Crippen LogP contribution < -0.4 is 11.2 Å². The van der Waals surface area contributed by atoms with Crippen molar-refractivity contribution in [1.29, 1.82) is 5.41 Å². The molecule has 3 aromatic carbocycles. The minimum Gasteiger partial charge on any atom is -0.369 e. The van der Waals surface area contributed by atoms with Crippen molar-refractivity contribution in [2.75, 3.05) is 0 Å². The Hall–Kier alpha value is -3.60. The van der Waals surface area contributed by atoms with Crippen LogP contribution in [0.1, 0.15) is 5.56 Å². The van der Waals surface area contributed by atoms with Gasteiger partial charge in [0.05, 0.1) is 11.9 Å². The maximum absolute atomic E-state index is 7.24. The molecule has 5 nitrogen and oxygen atoms in total. The number of H-pyrrole nitrogens is 1. The summed E-state index contributed by atoms with van der Waals surface area (Å²) in [5.41, 5.74) is 11.8. The van der Waals surface area contributed by atoms with Gasteiger partial charge in [0.2, 0.25) is 5.96 Å². The first-order valence-corrected chi connectivity index (χ1v) is 7.95. The second kappa shape index (κ2) is 6.13. The van der Waals surface area contributed by atoms with Gasteiger partial charge in [-0.15, -0.1) is 0 Å². The second-order valence-electron chi connectivity index (χ2n) is 5.80. The molecular formula is C20H17N5. The Labute approximate surface area is 144 Å². The van der Waals surface area contributed by atoms with Crippen LogP contribution in [0.2, 0.25) is 0 Å². The standard InChI is InChI=1S/C20H17N5/c21-20(22)25-23-12-17-16-7-3-4-8-18(16)24-19(17)15-10-9-13-5-1-2-6-14(13)11-15/h1-12,24H,(H4,21,22,25)/b23-12+. The summed E-state index contributed by atoms with van der Waals surface area (Å²) >= 11 is 0. The normalized spacial score (nSPS) is 11.4. The Kier molecular flexibility index (Phi) is 3.67. The van der Waals surface area contributed by atoms with Crippen LogP contribution in [-0.2, 0) is 0 Å². The summed E-state index contributed by atoms with van der Waals surface area (Å²) in [5.74, 6) is -0.191. The topological polar surface area (TPSA) is 90.1 Å². The number of hydrogen-bond acceptors (Lipinski definition) is 2. The zero-order valence-electron chi connectivity index (χ0n) is 13.5. The van der Waals surface area contributed by atoms with E-state index in [-0.39, 0.29) is 5.96 Å². The van der Waals surface area contributed by atoms with E-state index in [1.807, 2.05) is 36.4 Å². The van der Waals surface area contributed by atoms with Crippen LogP contribution in [0.3, 0.4) is 0 Å². The molecule has 0 saturated heterocycles. The highest BCUT2D eigenvalue weighted by Crippen LogP contribution is 2.31. The summed E-state index contributed by atoms with van der Waals surface area (Å²) in [7, 11) is 0. The fourth-order valence-electron chi connectivity index (χ4n) is 3.04. The van der Waals surface area contributed by atoms with Crippen LogP contribution in [0.5, 0.6) is 0 Å². The summed E-state index contributed by atoms with van der Waals surface area (Å²) in [6.45, 7) is 0. The van der Waals surface area contributed by atoms with Gasteiger partial charge in [0.15, 0.2) is 0 Å². The van der Waals surface area contributed by atoms with Crippen LogP contribution in [0.15, 0.2) is 71.8 Å². The number of aromatic amines is 1. The van der Waals surface area contributed by atoms with Gasteiger partial charge in [-0.1, -0.05) is 54.6 Å². The van der Waals surface area contributed by atoms with Crippen LogP contribution in [0, 0.1) is 5.41 Å². The van der Waals surface area contributed by atoms with E-state index in [9.17, 15) is 0 Å². The predicted octanol–water partition coefficient (Wildman–Crippen LogP) is 3.81. The number of fused-ring (bicyclic) bond motifs is 2. The van der Waals surface area contributed by atoms with Gasteiger partial charge in [-0.05, 0) is 28.5 Å². The van der Waals surface area contributed by atoms with E-state index >= 15 is 0 Å². The molecule has 0 amide bonds. The maximum Gasteiger partial charge on any atom is 0.206 e. The van der Waals surface area contributed by atoms with Crippen molar-refractivity contribution in [2.45, 2.75) is 0 Å². The molecule has 0 aliphatic carbocycles. The van der Waals surface area contributed by atoms with Crippen molar-refractivity contribution in [1.82, 2.24) is 10.4 Å². The minimum absolute atomic E-state index is 0.191. The molecule has 0 aliphatic heterocycles. The van der Waals surface area contributed by atoms with Gasteiger partial charge in [-0.2, -0.15) is 5.10 Å². The van der Waals surface area contributed by atoms with E-state index in [0.717, 1.165) is 27.7 Å². The molecule has 122 valence electrons. The number of guanidine groups is 1. The number of rotatable bonds is 3. The van der Waals surface area contributed by atoms with E-state index in [4.69, 9.17) is 11.1 Å². The molecule has 0 atom stereocenters. The third-order valence-corrected chi connectivity index (χ3v) is 4.16. The summed E-state index contributed by atoms with van der Waals surface area (Å²) in [4.78, 5) is 3.48. The van der Waals surface area contributed by atoms with Gasteiger partial charge in [-0.25, -0.2) is 5.43 Å². The van der Waals surface area contributed by atoms with Crippen molar-refractivity contribution in [3.63, 3.8) is 0 Å². The largest absolute Gasteiger partial charge is 0.369 e. The smallest absolute Gasteiger partial charge is 0.206 e. The van der Waals surface area contributed by atoms with Crippen LogP contribution in [0.4, 0.5) is 0 Å². The fraction of sp³-hybridized carbons (Fsp3) is 0. The van der Waals surface area contributed by atoms with Gasteiger partial charge >= 0.3 is 0 Å². The predicted molar refractivity (Wildman–Crippen MR) is 104 cm³/mol. The van der Waals surface area contributed by atoms with E-state index in [2.05, 4.69) is 45.8 Å². The van der Waals surface area contributed by atoms with E-state index in [0.29, 0.717) is 0 Å². The lowest BCUT2D eigenvalue weighted by molar-refractivity contribution is 1.00. The Morgan fingerprint density at radius 2 is 1.76 bits per heavy atom. The number of nitrogens with one attached hydrogen (secondary N) is 3. The van der Waals surface area contributed by atoms with Gasteiger partial charge in [0.1, 0.15) is 0 Å². The molecule has 0 fully saturated rings. The summed E-state index contributed by atoms with van der Waals surface area (Å²) < 4.78 is 0. The first-order valence-electron chi connectivity index (χ1n) is 7.95. The summed E-state index contributed by atoms with van der Waals surface area (Å²) in [5, 5.41) is 14.8. The van der Waals surface area contributed by atoms with E-state index < -0.39 is 0 Å². The second-order valence-corrected chi connectivity index (χ2v) is 5.80. The number of hydrazone groups is 1. The SMILES string of the molecule is N=C(N)N/N=C/c1c(-c2ccc3ccccc3c2)[nH]c2ccccc12. The molecule has 0 spiro atoms. The number of aromatic nitrogens is 1. The molecule has 1 heterocycles. The van der Waals surface area contributed by atoms with Gasteiger partial charge < -0.3 is 10.7 Å². The lowest BCUT2D eigenvalue weighted by atomic mass is 10.0. The molecular weight excluding hydrogens is 310 g/mol. The first kappa shape index (κ1) is 15.0. The monoisotopic (exact) mass is 327 g/mol. The summed E-state index contributed by atoms with van der Waals surface area (Å²) in [6.07, 6.45) is 1.70. The molecule has 5 heteroatoms. The average Bonchev–Trinajstić information content (AvgIpc) is 3.00. The quantitative estimate of drug-likeness (QED) is 0.262. The lowest BCUT2D eigenvalue weighted by Crippen LogP contribution is -2.25. The van der Waals surface area contributed by atoms with Gasteiger partial charge in [-0.3, -0.25) is 5.41 Å². The molecule has 0 radical (unpaired) electrons. The van der Waals surface area contributed by atoms with E-state index in [1.54, 1.807) is 6.21 Å². The van der Waals surface area contributed by atoms with Gasteiger partial charge in [0, 0.05) is 16.5 Å². The van der Waals surface area contributed by atoms with Crippen LogP contribution in [-0.4, -0.2) is 17.2 Å². The number of para-hydroxylation sites is 1. The van der Waals surface area contributed by atoms with Crippen molar-refractivity contribution in [3.05, 3.63) is 72.3 Å². The van der Waals surface area contributed by atoms with Crippen LogP contribution in [0.25, 0.3) is 32.9 Å². The number of nitrogens with zero attached hydrogens (tertiary/aromatic N) is 1. The molecule has 4 aromatic rings. The molecule has 0 bridgehead atoms. The van der Waals surface area contributed by atoms with Crippen molar-refractivity contribution in [3.8, 4) is 11.3 Å². The van der Waals surface area contributed by atoms with Crippen molar-refractivity contribution in [2.24, 2.45) is 10.8 Å². The van der Waals surface area contributed by atoms with E-state index in [1.165, 1.54) is 10.8 Å². The average molecular weight is 327 g/mol. The Balaban J connectivity index is 1.89. The lowest BCUT2D eigenvalue weighted by Gasteiger charge is -2.04. The maximum atomic E-state index is 7.24. The number of hydrogen-bond donors (Lipinski definition) is 4. The summed E-state index contributed by atoms with van der Waals surface area (Å²) in [6, 6.07) is 22.7. The highest BCUT2D eigenvalue weighted by molar-refractivity contribution is 6.06. The molecule has 0 aliphatic rings. The number of nitrogens with two attached hydrogens (primary N) is 1. The Morgan fingerprint density at radius 1 is 1.00 bits per heavy atom.